The van der Waals surface area contributed by atoms with Crippen molar-refractivity contribution in [3.05, 3.63) is 0 Å². The lowest BCUT2D eigenvalue weighted by Gasteiger charge is -2.44. The van der Waals surface area contributed by atoms with Crippen molar-refractivity contribution in [1.29, 1.82) is 0 Å². The molecule has 0 spiro atoms. The van der Waals surface area contributed by atoms with E-state index in [1.54, 1.807) is 0 Å². The number of nitrogens with zero attached hydrogens (tertiary/aromatic N) is 3. The highest BCUT2D eigenvalue weighted by atomic mass is 16.5. The van der Waals surface area contributed by atoms with Crippen LogP contribution in [0.2, 0.25) is 0 Å². The summed E-state index contributed by atoms with van der Waals surface area (Å²) in [6.07, 6.45) is 8.59. The fraction of sp³-hybridized carbons (Fsp3) is 1.00. The maximum absolute atomic E-state index is 5.86. The minimum atomic E-state index is 0.428. The zero-order valence-corrected chi connectivity index (χ0v) is 14.9. The first-order valence-corrected chi connectivity index (χ1v) is 9.87. The SMILES string of the molecule is C1COC(CN2CN(CC3CCCO3)CN(CC3CCCO3)C2)C1. The Morgan fingerprint density at radius 1 is 0.542 bits per heavy atom. The van der Waals surface area contributed by atoms with Gasteiger partial charge in [0.05, 0.1) is 38.3 Å². The van der Waals surface area contributed by atoms with Gasteiger partial charge in [-0.2, -0.15) is 0 Å². The standard InChI is InChI=1S/C18H33N3O3/c1-4-16(22-7-1)10-19-13-20(11-17-5-2-8-23-17)15-21(14-19)12-18-6-3-9-24-18/h16-18H,1-15H2. The van der Waals surface area contributed by atoms with Gasteiger partial charge in [-0.15, -0.1) is 0 Å². The van der Waals surface area contributed by atoms with Gasteiger partial charge in [0.2, 0.25) is 0 Å². The molecule has 4 aliphatic rings. The molecule has 4 rings (SSSR count). The molecule has 4 aliphatic heterocycles. The van der Waals surface area contributed by atoms with E-state index in [0.29, 0.717) is 18.3 Å². The second kappa shape index (κ2) is 8.43. The molecule has 0 bridgehead atoms. The van der Waals surface area contributed by atoms with Gasteiger partial charge in [0, 0.05) is 39.5 Å². The first kappa shape index (κ1) is 17.2. The van der Waals surface area contributed by atoms with E-state index in [1.807, 2.05) is 0 Å². The summed E-state index contributed by atoms with van der Waals surface area (Å²) in [6, 6.07) is 0. The maximum atomic E-state index is 5.86. The summed E-state index contributed by atoms with van der Waals surface area (Å²) in [5, 5.41) is 0. The molecule has 0 N–H and O–H groups in total. The Labute approximate surface area is 146 Å². The quantitative estimate of drug-likeness (QED) is 0.726. The molecule has 0 radical (unpaired) electrons. The van der Waals surface area contributed by atoms with Gasteiger partial charge < -0.3 is 14.2 Å². The molecule has 4 heterocycles. The Morgan fingerprint density at radius 2 is 0.875 bits per heavy atom. The smallest absolute Gasteiger partial charge is 0.0703 e. The zero-order valence-electron chi connectivity index (χ0n) is 14.9. The fourth-order valence-electron chi connectivity index (χ4n) is 4.56. The van der Waals surface area contributed by atoms with Crippen molar-refractivity contribution in [2.45, 2.75) is 56.8 Å². The van der Waals surface area contributed by atoms with E-state index in [2.05, 4.69) is 14.7 Å². The lowest BCUT2D eigenvalue weighted by atomic mass is 10.2. The van der Waals surface area contributed by atoms with Crippen molar-refractivity contribution < 1.29 is 14.2 Å². The van der Waals surface area contributed by atoms with Crippen LogP contribution in [0.4, 0.5) is 0 Å². The second-order valence-electron chi connectivity index (χ2n) is 7.89. The lowest BCUT2D eigenvalue weighted by molar-refractivity contribution is -0.0763. The summed E-state index contributed by atoms with van der Waals surface area (Å²) in [7, 11) is 0. The molecule has 6 heteroatoms. The summed E-state index contributed by atoms with van der Waals surface area (Å²) >= 11 is 0. The summed E-state index contributed by atoms with van der Waals surface area (Å²) in [5.41, 5.74) is 0. The Hall–Kier alpha value is -0.240. The molecule has 138 valence electrons. The van der Waals surface area contributed by atoms with Gasteiger partial charge in [-0.05, 0) is 38.5 Å². The van der Waals surface area contributed by atoms with E-state index in [1.165, 1.54) is 38.5 Å². The first-order valence-electron chi connectivity index (χ1n) is 9.87. The van der Waals surface area contributed by atoms with E-state index in [0.717, 1.165) is 59.5 Å². The van der Waals surface area contributed by atoms with Crippen LogP contribution in [0.1, 0.15) is 38.5 Å². The van der Waals surface area contributed by atoms with Crippen LogP contribution in [0.5, 0.6) is 0 Å². The van der Waals surface area contributed by atoms with Crippen LogP contribution in [0, 0.1) is 0 Å². The minimum Gasteiger partial charge on any atom is -0.377 e. The molecule has 0 aromatic carbocycles. The summed E-state index contributed by atoms with van der Waals surface area (Å²) in [4.78, 5) is 7.68. The van der Waals surface area contributed by atoms with Crippen LogP contribution in [-0.4, -0.2) is 92.5 Å². The maximum Gasteiger partial charge on any atom is 0.0703 e. The molecule has 0 saturated carbocycles. The highest BCUT2D eigenvalue weighted by molar-refractivity contribution is 4.80. The Morgan fingerprint density at radius 3 is 1.12 bits per heavy atom. The van der Waals surface area contributed by atoms with Crippen molar-refractivity contribution in [3.63, 3.8) is 0 Å². The third-order valence-electron chi connectivity index (χ3n) is 5.66. The van der Waals surface area contributed by atoms with Crippen molar-refractivity contribution in [2.24, 2.45) is 0 Å². The Balaban J connectivity index is 1.33. The zero-order chi connectivity index (χ0) is 16.2. The summed E-state index contributed by atoms with van der Waals surface area (Å²) < 4.78 is 17.6. The normalized spacial score (nSPS) is 36.8. The van der Waals surface area contributed by atoms with E-state index in [9.17, 15) is 0 Å². The van der Waals surface area contributed by atoms with Gasteiger partial charge in [-0.25, -0.2) is 0 Å². The Bertz CT molecular complexity index is 317. The number of rotatable bonds is 6. The van der Waals surface area contributed by atoms with Gasteiger partial charge in [-0.1, -0.05) is 0 Å². The number of hydrogen-bond donors (Lipinski definition) is 0. The predicted molar refractivity (Wildman–Crippen MR) is 91.6 cm³/mol. The van der Waals surface area contributed by atoms with Crippen LogP contribution in [-0.2, 0) is 14.2 Å². The number of hydrogen-bond acceptors (Lipinski definition) is 6. The van der Waals surface area contributed by atoms with Crippen LogP contribution >= 0.6 is 0 Å². The van der Waals surface area contributed by atoms with E-state index in [4.69, 9.17) is 14.2 Å². The van der Waals surface area contributed by atoms with Gasteiger partial charge in [0.25, 0.3) is 0 Å². The topological polar surface area (TPSA) is 37.4 Å². The molecule has 0 amide bonds. The summed E-state index contributed by atoms with van der Waals surface area (Å²) in [6.45, 7) is 9.14. The lowest BCUT2D eigenvalue weighted by Crippen LogP contribution is -2.58. The second-order valence-corrected chi connectivity index (χ2v) is 7.89. The predicted octanol–water partition coefficient (Wildman–Crippen LogP) is 1.32. The fourth-order valence-corrected chi connectivity index (χ4v) is 4.56. The highest BCUT2D eigenvalue weighted by Crippen LogP contribution is 2.20. The van der Waals surface area contributed by atoms with Crippen molar-refractivity contribution in [1.82, 2.24) is 14.7 Å². The van der Waals surface area contributed by atoms with E-state index in [-0.39, 0.29) is 0 Å². The minimum absolute atomic E-state index is 0.428. The Kier molecular flexibility index (Phi) is 6.04. The van der Waals surface area contributed by atoms with Gasteiger partial charge >= 0.3 is 0 Å². The van der Waals surface area contributed by atoms with E-state index >= 15 is 0 Å². The number of ether oxygens (including phenoxy) is 3. The van der Waals surface area contributed by atoms with Gasteiger partial charge in [0.1, 0.15) is 0 Å². The molecular formula is C18H33N3O3. The molecule has 6 nitrogen and oxygen atoms in total. The molecule has 24 heavy (non-hydrogen) atoms. The molecule has 0 aliphatic carbocycles. The van der Waals surface area contributed by atoms with Crippen molar-refractivity contribution >= 4 is 0 Å². The van der Waals surface area contributed by atoms with Crippen molar-refractivity contribution in [3.8, 4) is 0 Å². The molecule has 0 aromatic rings. The van der Waals surface area contributed by atoms with Crippen LogP contribution in [0.25, 0.3) is 0 Å². The van der Waals surface area contributed by atoms with Crippen LogP contribution < -0.4 is 0 Å². The molecule has 4 saturated heterocycles. The molecule has 0 aromatic heterocycles. The van der Waals surface area contributed by atoms with Gasteiger partial charge in [0.15, 0.2) is 0 Å². The molecule has 3 unspecified atom stereocenters. The molecular weight excluding hydrogens is 306 g/mol. The van der Waals surface area contributed by atoms with E-state index < -0.39 is 0 Å². The highest BCUT2D eigenvalue weighted by Gasteiger charge is 2.31. The third kappa shape index (κ3) is 4.68. The van der Waals surface area contributed by atoms with Crippen molar-refractivity contribution in [2.75, 3.05) is 59.5 Å². The van der Waals surface area contributed by atoms with Gasteiger partial charge in [-0.3, -0.25) is 14.7 Å². The summed E-state index contributed by atoms with van der Waals surface area (Å²) in [5.74, 6) is 0. The monoisotopic (exact) mass is 339 g/mol. The largest absolute Gasteiger partial charge is 0.377 e. The average molecular weight is 339 g/mol. The average Bonchev–Trinajstić information content (AvgIpc) is 3.30. The molecule has 3 atom stereocenters. The first-order chi connectivity index (χ1) is 11.8. The van der Waals surface area contributed by atoms with Crippen LogP contribution in [0.3, 0.4) is 0 Å². The third-order valence-corrected chi connectivity index (χ3v) is 5.66. The van der Waals surface area contributed by atoms with Crippen LogP contribution in [0.15, 0.2) is 0 Å². The molecule has 4 fully saturated rings.